The molecule has 0 aromatic heterocycles. The molecule has 0 heterocycles. The number of nitrogens with one attached hydrogen (secondary N) is 2. The molecule has 1 amide bonds. The van der Waals surface area contributed by atoms with Crippen molar-refractivity contribution < 1.29 is 4.79 Å². The van der Waals surface area contributed by atoms with E-state index in [-0.39, 0.29) is 5.91 Å². The number of benzene rings is 1. The molecule has 2 rings (SSSR count). The number of amides is 1. The summed E-state index contributed by atoms with van der Waals surface area (Å²) in [6.45, 7) is 3.24. The monoisotopic (exact) mass is 260 g/mol. The molecule has 1 saturated carbocycles. The van der Waals surface area contributed by atoms with Crippen LogP contribution in [0.4, 0.5) is 5.69 Å². The molecule has 1 fully saturated rings. The highest BCUT2D eigenvalue weighted by Crippen LogP contribution is 2.22. The molecule has 0 saturated heterocycles. The average Bonchev–Trinajstić information content (AvgIpc) is 2.45. The van der Waals surface area contributed by atoms with Gasteiger partial charge in [0.25, 0.3) is 0 Å². The van der Waals surface area contributed by atoms with E-state index in [1.54, 1.807) is 0 Å². The van der Waals surface area contributed by atoms with Crippen molar-refractivity contribution in [3.63, 3.8) is 0 Å². The second kappa shape index (κ2) is 7.17. The first-order valence-electron chi connectivity index (χ1n) is 7.32. The van der Waals surface area contributed by atoms with Crippen LogP contribution < -0.4 is 10.6 Å². The van der Waals surface area contributed by atoms with Crippen LogP contribution in [0.2, 0.25) is 0 Å². The van der Waals surface area contributed by atoms with E-state index in [0.717, 1.165) is 12.2 Å². The van der Waals surface area contributed by atoms with Gasteiger partial charge < -0.3 is 10.6 Å². The number of rotatable bonds is 5. The number of anilines is 1. The zero-order chi connectivity index (χ0) is 13.5. The van der Waals surface area contributed by atoms with Crippen LogP contribution >= 0.6 is 0 Å². The minimum atomic E-state index is 0.0915. The lowest BCUT2D eigenvalue weighted by Crippen LogP contribution is -2.34. The molecule has 0 bridgehead atoms. The predicted molar refractivity (Wildman–Crippen MR) is 79.3 cm³/mol. The van der Waals surface area contributed by atoms with E-state index in [1.807, 2.05) is 31.2 Å². The second-order valence-electron chi connectivity index (χ2n) is 5.48. The summed E-state index contributed by atoms with van der Waals surface area (Å²) < 4.78 is 0. The highest BCUT2D eigenvalue weighted by Gasteiger charge is 2.14. The zero-order valence-electron chi connectivity index (χ0n) is 11.7. The van der Waals surface area contributed by atoms with Crippen LogP contribution in [0.15, 0.2) is 24.3 Å². The third-order valence-electron chi connectivity index (χ3n) is 3.90. The van der Waals surface area contributed by atoms with Gasteiger partial charge in [-0.1, -0.05) is 37.5 Å². The Bertz CT molecular complexity index is 411. The highest BCUT2D eigenvalue weighted by molar-refractivity contribution is 5.80. The van der Waals surface area contributed by atoms with Gasteiger partial charge in [0, 0.05) is 12.2 Å². The summed E-state index contributed by atoms with van der Waals surface area (Å²) in [5.41, 5.74) is 2.21. The number of carbonyl (C=O) groups is 1. The topological polar surface area (TPSA) is 41.1 Å². The van der Waals surface area contributed by atoms with Gasteiger partial charge in [-0.2, -0.15) is 0 Å². The van der Waals surface area contributed by atoms with Gasteiger partial charge in [-0.25, -0.2) is 0 Å². The van der Waals surface area contributed by atoms with Gasteiger partial charge in [-0.05, 0) is 37.3 Å². The van der Waals surface area contributed by atoms with Gasteiger partial charge in [0.05, 0.1) is 6.54 Å². The van der Waals surface area contributed by atoms with Crippen molar-refractivity contribution in [2.24, 2.45) is 5.92 Å². The zero-order valence-corrected chi connectivity index (χ0v) is 11.7. The van der Waals surface area contributed by atoms with Crippen LogP contribution in [0.1, 0.15) is 37.7 Å². The average molecular weight is 260 g/mol. The fourth-order valence-corrected chi connectivity index (χ4v) is 2.66. The van der Waals surface area contributed by atoms with Gasteiger partial charge >= 0.3 is 0 Å². The van der Waals surface area contributed by atoms with E-state index in [1.165, 1.54) is 37.7 Å². The van der Waals surface area contributed by atoms with Crippen molar-refractivity contribution in [3.05, 3.63) is 29.8 Å². The van der Waals surface area contributed by atoms with Crippen molar-refractivity contribution >= 4 is 11.6 Å². The van der Waals surface area contributed by atoms with Gasteiger partial charge in [-0.15, -0.1) is 0 Å². The first-order chi connectivity index (χ1) is 9.25. The summed E-state index contributed by atoms with van der Waals surface area (Å²) in [7, 11) is 0. The Morgan fingerprint density at radius 3 is 2.68 bits per heavy atom. The number of aryl methyl sites for hydroxylation is 1. The quantitative estimate of drug-likeness (QED) is 0.854. The standard InChI is InChI=1S/C16H24N2O/c1-13-7-5-6-10-15(13)17-12-16(19)18-11-14-8-3-2-4-9-14/h5-7,10,14,17H,2-4,8-9,11-12H2,1H3,(H,18,19). The number of hydrogen-bond acceptors (Lipinski definition) is 2. The lowest BCUT2D eigenvalue weighted by molar-refractivity contribution is -0.119. The Balaban J connectivity index is 1.68. The van der Waals surface area contributed by atoms with Gasteiger partial charge in [0.2, 0.25) is 5.91 Å². The maximum Gasteiger partial charge on any atom is 0.239 e. The summed E-state index contributed by atoms with van der Waals surface area (Å²) in [5.74, 6) is 0.782. The Kier molecular flexibility index (Phi) is 5.25. The highest BCUT2D eigenvalue weighted by atomic mass is 16.1. The second-order valence-corrected chi connectivity index (χ2v) is 5.48. The van der Waals surface area contributed by atoms with Crippen LogP contribution in [0, 0.1) is 12.8 Å². The molecule has 2 N–H and O–H groups in total. The summed E-state index contributed by atoms with van der Waals surface area (Å²) in [6.07, 6.45) is 6.54. The molecule has 19 heavy (non-hydrogen) atoms. The number of carbonyl (C=O) groups excluding carboxylic acids is 1. The molecule has 1 aromatic rings. The van der Waals surface area contributed by atoms with E-state index in [4.69, 9.17) is 0 Å². The Morgan fingerprint density at radius 2 is 1.95 bits per heavy atom. The molecule has 0 aliphatic heterocycles. The van der Waals surface area contributed by atoms with Crippen molar-refractivity contribution in [1.29, 1.82) is 0 Å². The number of para-hydroxylation sites is 1. The number of hydrogen-bond donors (Lipinski definition) is 2. The maximum atomic E-state index is 11.8. The fourth-order valence-electron chi connectivity index (χ4n) is 2.66. The van der Waals surface area contributed by atoms with E-state index in [0.29, 0.717) is 12.5 Å². The minimum absolute atomic E-state index is 0.0915. The summed E-state index contributed by atoms with van der Waals surface area (Å²) >= 11 is 0. The van der Waals surface area contributed by atoms with Crippen LogP contribution in [0.25, 0.3) is 0 Å². The van der Waals surface area contributed by atoms with Gasteiger partial charge in [-0.3, -0.25) is 4.79 Å². The SMILES string of the molecule is Cc1ccccc1NCC(=O)NCC1CCCCC1. The van der Waals surface area contributed by atoms with Crippen molar-refractivity contribution in [2.75, 3.05) is 18.4 Å². The first kappa shape index (κ1) is 13.9. The van der Waals surface area contributed by atoms with E-state index in [9.17, 15) is 4.79 Å². The van der Waals surface area contributed by atoms with Crippen LogP contribution in [-0.2, 0) is 4.79 Å². The molecule has 3 heteroatoms. The normalized spacial score (nSPS) is 16.1. The molecule has 1 aliphatic rings. The first-order valence-corrected chi connectivity index (χ1v) is 7.32. The molecule has 0 spiro atoms. The Labute approximate surface area is 115 Å². The van der Waals surface area contributed by atoms with E-state index < -0.39 is 0 Å². The van der Waals surface area contributed by atoms with E-state index >= 15 is 0 Å². The molecule has 0 radical (unpaired) electrons. The largest absolute Gasteiger partial charge is 0.376 e. The maximum absolute atomic E-state index is 11.8. The fraction of sp³-hybridized carbons (Fsp3) is 0.562. The van der Waals surface area contributed by atoms with E-state index in [2.05, 4.69) is 10.6 Å². The summed E-state index contributed by atoms with van der Waals surface area (Å²) in [4.78, 5) is 11.8. The summed E-state index contributed by atoms with van der Waals surface area (Å²) in [6, 6.07) is 8.03. The van der Waals surface area contributed by atoms with Gasteiger partial charge in [0.15, 0.2) is 0 Å². The van der Waals surface area contributed by atoms with Crippen molar-refractivity contribution in [2.45, 2.75) is 39.0 Å². The lowest BCUT2D eigenvalue weighted by Gasteiger charge is -2.21. The Morgan fingerprint density at radius 1 is 1.21 bits per heavy atom. The van der Waals surface area contributed by atoms with Crippen LogP contribution in [0.3, 0.4) is 0 Å². The molecule has 0 unspecified atom stereocenters. The molecule has 0 atom stereocenters. The minimum Gasteiger partial charge on any atom is -0.376 e. The van der Waals surface area contributed by atoms with Crippen LogP contribution in [0.5, 0.6) is 0 Å². The smallest absolute Gasteiger partial charge is 0.239 e. The molecular formula is C16H24N2O. The molecular weight excluding hydrogens is 236 g/mol. The Hall–Kier alpha value is -1.51. The third kappa shape index (κ3) is 4.58. The van der Waals surface area contributed by atoms with Crippen molar-refractivity contribution in [1.82, 2.24) is 5.32 Å². The molecule has 1 aromatic carbocycles. The molecule has 3 nitrogen and oxygen atoms in total. The molecule has 104 valence electrons. The lowest BCUT2D eigenvalue weighted by atomic mass is 9.89. The van der Waals surface area contributed by atoms with Gasteiger partial charge in [0.1, 0.15) is 0 Å². The van der Waals surface area contributed by atoms with Crippen molar-refractivity contribution in [3.8, 4) is 0 Å². The van der Waals surface area contributed by atoms with Crippen LogP contribution in [-0.4, -0.2) is 19.0 Å². The predicted octanol–water partition coefficient (Wildman–Crippen LogP) is 3.10. The molecule has 1 aliphatic carbocycles. The summed E-state index contributed by atoms with van der Waals surface area (Å²) in [5, 5.41) is 6.23. The third-order valence-corrected chi connectivity index (χ3v) is 3.90.